The summed E-state index contributed by atoms with van der Waals surface area (Å²) in [5, 5.41) is 3.14. The molecule has 2 nitrogen and oxygen atoms in total. The molecule has 1 unspecified atom stereocenters. The van der Waals surface area contributed by atoms with Crippen molar-refractivity contribution in [3.8, 4) is 5.75 Å². The van der Waals surface area contributed by atoms with Crippen LogP contribution in [0.25, 0.3) is 0 Å². The molecular formula is C15H13Br2F2NO. The van der Waals surface area contributed by atoms with E-state index in [1.54, 1.807) is 19.2 Å². The molecule has 0 heterocycles. The molecule has 2 aromatic rings. The van der Waals surface area contributed by atoms with Crippen LogP contribution < -0.4 is 10.1 Å². The van der Waals surface area contributed by atoms with E-state index in [0.29, 0.717) is 14.7 Å². The van der Waals surface area contributed by atoms with Crippen molar-refractivity contribution >= 4 is 31.9 Å². The van der Waals surface area contributed by atoms with Crippen molar-refractivity contribution in [2.45, 2.75) is 6.04 Å². The lowest BCUT2D eigenvalue weighted by Crippen LogP contribution is -2.19. The van der Waals surface area contributed by atoms with Gasteiger partial charge in [0.05, 0.1) is 17.6 Å². The van der Waals surface area contributed by atoms with Gasteiger partial charge in [0.1, 0.15) is 17.4 Å². The van der Waals surface area contributed by atoms with Crippen LogP contribution in [0.2, 0.25) is 0 Å². The van der Waals surface area contributed by atoms with Crippen molar-refractivity contribution in [3.63, 3.8) is 0 Å². The largest absolute Gasteiger partial charge is 0.496 e. The molecule has 0 saturated carbocycles. The third kappa shape index (κ3) is 3.44. The monoisotopic (exact) mass is 419 g/mol. The lowest BCUT2D eigenvalue weighted by Gasteiger charge is -2.21. The summed E-state index contributed by atoms with van der Waals surface area (Å²) >= 11 is 6.54. The molecule has 2 aromatic carbocycles. The molecule has 0 aliphatic heterocycles. The van der Waals surface area contributed by atoms with Gasteiger partial charge in [0.15, 0.2) is 0 Å². The average Bonchev–Trinajstić information content (AvgIpc) is 2.45. The molecule has 0 aromatic heterocycles. The molecule has 0 amide bonds. The molecule has 0 radical (unpaired) electrons. The van der Waals surface area contributed by atoms with Gasteiger partial charge in [-0.25, -0.2) is 8.78 Å². The van der Waals surface area contributed by atoms with E-state index in [1.165, 1.54) is 25.3 Å². The predicted octanol–water partition coefficient (Wildman–Crippen LogP) is 4.81. The second-order valence-corrected chi connectivity index (χ2v) is 6.10. The van der Waals surface area contributed by atoms with Gasteiger partial charge in [-0.1, -0.05) is 22.0 Å². The van der Waals surface area contributed by atoms with Gasteiger partial charge in [-0.05, 0) is 46.7 Å². The van der Waals surface area contributed by atoms with Crippen LogP contribution in [-0.2, 0) is 0 Å². The number of hydrogen-bond acceptors (Lipinski definition) is 2. The van der Waals surface area contributed by atoms with Crippen molar-refractivity contribution in [3.05, 3.63) is 62.0 Å². The molecule has 0 saturated heterocycles. The number of hydrogen-bond donors (Lipinski definition) is 1. The Hall–Kier alpha value is -0.980. The number of methoxy groups -OCH3 is 1. The summed E-state index contributed by atoms with van der Waals surface area (Å²) in [7, 11) is 3.26. The Kier molecular flexibility index (Phi) is 5.35. The molecule has 1 atom stereocenters. The summed E-state index contributed by atoms with van der Waals surface area (Å²) in [5.41, 5.74) is 1.58. The molecular weight excluding hydrogens is 408 g/mol. The van der Waals surface area contributed by atoms with Crippen molar-refractivity contribution < 1.29 is 13.5 Å². The number of benzene rings is 2. The predicted molar refractivity (Wildman–Crippen MR) is 85.7 cm³/mol. The van der Waals surface area contributed by atoms with Crippen molar-refractivity contribution in [2.24, 2.45) is 0 Å². The fourth-order valence-electron chi connectivity index (χ4n) is 2.16. The maximum Gasteiger partial charge on any atom is 0.141 e. The minimum absolute atomic E-state index is 0.271. The van der Waals surface area contributed by atoms with E-state index in [2.05, 4.69) is 37.2 Å². The van der Waals surface area contributed by atoms with Gasteiger partial charge < -0.3 is 10.1 Å². The summed E-state index contributed by atoms with van der Waals surface area (Å²) < 4.78 is 33.1. The number of nitrogens with one attached hydrogen (secondary N) is 1. The highest BCUT2D eigenvalue weighted by Gasteiger charge is 2.21. The minimum Gasteiger partial charge on any atom is -0.496 e. The van der Waals surface area contributed by atoms with E-state index in [0.717, 1.165) is 11.1 Å². The number of halogens is 4. The summed E-state index contributed by atoms with van der Waals surface area (Å²) in [6.45, 7) is 0. The van der Waals surface area contributed by atoms with Crippen LogP contribution in [0.3, 0.4) is 0 Å². The van der Waals surface area contributed by atoms with E-state index in [4.69, 9.17) is 4.74 Å². The van der Waals surface area contributed by atoms with E-state index in [9.17, 15) is 8.78 Å². The van der Waals surface area contributed by atoms with Crippen LogP contribution in [0.15, 0.2) is 39.3 Å². The fourth-order valence-corrected chi connectivity index (χ4v) is 3.10. The second kappa shape index (κ2) is 6.85. The Balaban J connectivity index is 2.58. The lowest BCUT2D eigenvalue weighted by atomic mass is 9.98. The summed E-state index contributed by atoms with van der Waals surface area (Å²) in [5.74, 6) is -0.303. The lowest BCUT2D eigenvalue weighted by molar-refractivity contribution is 0.401. The molecule has 1 N–H and O–H groups in total. The number of ether oxygens (including phenoxy) is 1. The SMILES string of the molecule is CNC(c1ccc(F)cc1Br)c1cc(Br)c(F)cc1OC. The first-order chi connectivity index (χ1) is 9.97. The highest BCUT2D eigenvalue weighted by atomic mass is 79.9. The van der Waals surface area contributed by atoms with Gasteiger partial charge in [-0.15, -0.1) is 0 Å². The van der Waals surface area contributed by atoms with E-state index >= 15 is 0 Å². The maximum absolute atomic E-state index is 13.6. The van der Waals surface area contributed by atoms with E-state index in [1.807, 2.05) is 0 Å². The summed E-state index contributed by atoms with van der Waals surface area (Å²) in [6, 6.07) is 7.16. The quantitative estimate of drug-likeness (QED) is 0.766. The van der Waals surface area contributed by atoms with Crippen molar-refractivity contribution in [2.75, 3.05) is 14.2 Å². The Morgan fingerprint density at radius 3 is 2.33 bits per heavy atom. The van der Waals surface area contributed by atoms with Crippen molar-refractivity contribution in [1.29, 1.82) is 0 Å². The molecule has 0 bridgehead atoms. The third-order valence-corrected chi connectivity index (χ3v) is 4.44. The standard InChI is InChI=1S/C15H13Br2F2NO/c1-20-15(9-4-3-8(18)5-11(9)16)10-6-12(17)13(19)7-14(10)21-2/h3-7,15,20H,1-2H3. The maximum atomic E-state index is 13.6. The second-order valence-electron chi connectivity index (χ2n) is 4.40. The number of rotatable bonds is 4. The average molecular weight is 421 g/mol. The molecule has 0 spiro atoms. The summed E-state index contributed by atoms with van der Waals surface area (Å²) in [6.07, 6.45) is 0. The zero-order valence-electron chi connectivity index (χ0n) is 11.4. The first-order valence-electron chi connectivity index (χ1n) is 6.13. The Labute approximate surface area is 138 Å². The Bertz CT molecular complexity index is 664. The molecule has 0 fully saturated rings. The van der Waals surface area contributed by atoms with Gasteiger partial charge in [0.25, 0.3) is 0 Å². The molecule has 0 aliphatic rings. The van der Waals surface area contributed by atoms with Crippen LogP contribution in [0.4, 0.5) is 8.78 Å². The fraction of sp³-hybridized carbons (Fsp3) is 0.200. The van der Waals surface area contributed by atoms with Gasteiger partial charge in [0, 0.05) is 16.1 Å². The highest BCUT2D eigenvalue weighted by Crippen LogP contribution is 2.36. The van der Waals surface area contributed by atoms with E-state index in [-0.39, 0.29) is 11.9 Å². The summed E-state index contributed by atoms with van der Waals surface area (Å²) in [4.78, 5) is 0. The minimum atomic E-state index is -0.399. The van der Waals surface area contributed by atoms with Gasteiger partial charge in [0.2, 0.25) is 0 Å². The molecule has 2 rings (SSSR count). The van der Waals surface area contributed by atoms with Gasteiger partial charge in [-0.3, -0.25) is 0 Å². The van der Waals surface area contributed by atoms with Gasteiger partial charge in [-0.2, -0.15) is 0 Å². The van der Waals surface area contributed by atoms with Crippen LogP contribution in [0.1, 0.15) is 17.2 Å². The third-order valence-electron chi connectivity index (χ3n) is 3.15. The van der Waals surface area contributed by atoms with Crippen LogP contribution in [-0.4, -0.2) is 14.2 Å². The highest BCUT2D eigenvalue weighted by molar-refractivity contribution is 9.10. The van der Waals surface area contributed by atoms with Gasteiger partial charge >= 0.3 is 0 Å². The molecule has 6 heteroatoms. The first kappa shape index (κ1) is 16.4. The molecule has 0 aliphatic carbocycles. The topological polar surface area (TPSA) is 21.3 Å². The Morgan fingerprint density at radius 1 is 1.05 bits per heavy atom. The van der Waals surface area contributed by atoms with E-state index < -0.39 is 5.82 Å². The van der Waals surface area contributed by atoms with Crippen LogP contribution in [0, 0.1) is 11.6 Å². The zero-order valence-corrected chi connectivity index (χ0v) is 14.6. The van der Waals surface area contributed by atoms with Crippen LogP contribution in [0.5, 0.6) is 5.75 Å². The Morgan fingerprint density at radius 2 is 1.76 bits per heavy atom. The molecule has 112 valence electrons. The smallest absolute Gasteiger partial charge is 0.141 e. The first-order valence-corrected chi connectivity index (χ1v) is 7.71. The zero-order chi connectivity index (χ0) is 15.6. The normalized spacial score (nSPS) is 12.3. The van der Waals surface area contributed by atoms with Crippen molar-refractivity contribution in [1.82, 2.24) is 5.32 Å². The van der Waals surface area contributed by atoms with Crippen LogP contribution >= 0.6 is 31.9 Å². The molecule has 21 heavy (non-hydrogen) atoms.